The molecule has 1 fully saturated rings. The van der Waals surface area contributed by atoms with Gasteiger partial charge in [-0.25, -0.2) is 4.79 Å². The first-order valence-electron chi connectivity index (χ1n) is 16.7. The fourth-order valence-electron chi connectivity index (χ4n) is 3.52. The van der Waals surface area contributed by atoms with E-state index in [-0.39, 0.29) is 38.8 Å². The lowest BCUT2D eigenvalue weighted by Crippen LogP contribution is -2.56. The van der Waals surface area contributed by atoms with Gasteiger partial charge in [0, 0.05) is 40.4 Å². The van der Waals surface area contributed by atoms with Crippen molar-refractivity contribution in [3.05, 3.63) is 0 Å². The minimum absolute atomic E-state index is 0.0445. The van der Waals surface area contributed by atoms with Gasteiger partial charge in [0.2, 0.25) is 11.8 Å². The van der Waals surface area contributed by atoms with Crippen molar-refractivity contribution in [2.45, 2.75) is 48.8 Å². The Morgan fingerprint density at radius 1 is 0.704 bits per heavy atom. The Labute approximate surface area is 312 Å². The van der Waals surface area contributed by atoms with Crippen molar-refractivity contribution in [1.82, 2.24) is 16.0 Å². The molecule has 24 heteroatoms. The Morgan fingerprint density at radius 3 is 1.63 bits per heavy atom. The molecule has 8 atom stereocenters. The van der Waals surface area contributed by atoms with Gasteiger partial charge in [0.15, 0.2) is 18.3 Å². The first kappa shape index (κ1) is 53.3. The number of rotatable bonds is 27. The highest BCUT2D eigenvalue weighted by atomic mass is 16.6. The van der Waals surface area contributed by atoms with Gasteiger partial charge in [-0.15, -0.1) is 0 Å². The van der Waals surface area contributed by atoms with E-state index in [0.717, 1.165) is 0 Å². The number of hydrogen-bond acceptors (Lipinski definition) is 21. The average Bonchev–Trinajstić information content (AvgIpc) is 3.17. The van der Waals surface area contributed by atoms with Crippen LogP contribution in [-0.4, -0.2) is 238 Å². The van der Waals surface area contributed by atoms with Crippen molar-refractivity contribution in [3.8, 4) is 0 Å². The van der Waals surface area contributed by atoms with Gasteiger partial charge < -0.3 is 101 Å². The normalized spacial score (nSPS) is 20.1. The summed E-state index contributed by atoms with van der Waals surface area (Å²) in [6.45, 7) is 2.78. The maximum absolute atomic E-state index is 11.6. The van der Waals surface area contributed by atoms with E-state index in [4.69, 9.17) is 64.8 Å². The molecule has 24 nitrogen and oxygen atoms in total. The van der Waals surface area contributed by atoms with E-state index in [0.29, 0.717) is 59.3 Å². The molecule has 0 saturated carbocycles. The third kappa shape index (κ3) is 26.1. The molecule has 1 saturated heterocycles. The molecular formula is C30H60N4O20. The molecule has 1 aliphatic rings. The second-order valence-electron chi connectivity index (χ2n) is 10.9. The highest BCUT2D eigenvalue weighted by Crippen LogP contribution is 2.16. The summed E-state index contributed by atoms with van der Waals surface area (Å²) >= 11 is 0. The summed E-state index contributed by atoms with van der Waals surface area (Å²) in [6.07, 6.45) is -13.5. The number of cyclic esters (lactones) is 1. The van der Waals surface area contributed by atoms with Gasteiger partial charge in [-0.1, -0.05) is 0 Å². The Morgan fingerprint density at radius 2 is 1.17 bits per heavy atom. The fraction of sp³-hybridized carbons (Fsp3) is 0.867. The molecule has 0 aromatic carbocycles. The summed E-state index contributed by atoms with van der Waals surface area (Å²) in [5.74, 6) is -2.61. The Hall–Kier alpha value is -2.76. The zero-order valence-corrected chi connectivity index (χ0v) is 30.5. The third-order valence-electron chi connectivity index (χ3n) is 6.55. The van der Waals surface area contributed by atoms with E-state index in [9.17, 15) is 34.5 Å². The number of carbonyl (C=O) groups excluding carboxylic acids is 4. The first-order valence-corrected chi connectivity index (χ1v) is 16.7. The Balaban J connectivity index is 0. The van der Waals surface area contributed by atoms with Crippen LogP contribution in [0.25, 0.3) is 0 Å². The number of amides is 3. The minimum Gasteiger partial charge on any atom is -0.455 e. The van der Waals surface area contributed by atoms with Crippen LogP contribution in [0.2, 0.25) is 0 Å². The monoisotopic (exact) mass is 796 g/mol. The summed E-state index contributed by atoms with van der Waals surface area (Å²) in [5.41, 5.74) is 5.21. The Bertz CT molecular complexity index is 970. The fourth-order valence-corrected chi connectivity index (χ4v) is 3.52. The molecule has 0 radical (unpaired) electrons. The van der Waals surface area contributed by atoms with Crippen LogP contribution < -0.4 is 21.7 Å². The molecule has 1 rings (SSSR count). The van der Waals surface area contributed by atoms with E-state index in [2.05, 4.69) is 20.7 Å². The van der Waals surface area contributed by atoms with Crippen LogP contribution in [0.4, 0.5) is 0 Å². The van der Waals surface area contributed by atoms with E-state index < -0.39 is 79.8 Å². The second kappa shape index (κ2) is 34.7. The van der Waals surface area contributed by atoms with Crippen molar-refractivity contribution < 1.29 is 98.3 Å². The second-order valence-corrected chi connectivity index (χ2v) is 10.9. The summed E-state index contributed by atoms with van der Waals surface area (Å²) in [7, 11) is 3.17. The number of esters is 1. The first-order chi connectivity index (χ1) is 25.7. The van der Waals surface area contributed by atoms with Crippen molar-refractivity contribution in [1.29, 1.82) is 0 Å². The quantitative estimate of drug-likeness (QED) is 0.0271. The lowest BCUT2D eigenvalue weighted by Gasteiger charge is -2.32. The number of nitrogens with one attached hydrogen (secondary N) is 3. The van der Waals surface area contributed by atoms with Crippen LogP contribution in [0.1, 0.15) is 0 Å². The van der Waals surface area contributed by atoms with Crippen molar-refractivity contribution in [2.24, 2.45) is 5.73 Å². The van der Waals surface area contributed by atoms with Crippen LogP contribution in [0, 0.1) is 0 Å². The number of aliphatic hydroxyl groups is 9. The predicted molar refractivity (Wildman–Crippen MR) is 181 cm³/mol. The van der Waals surface area contributed by atoms with Gasteiger partial charge in [0.05, 0.1) is 66.1 Å². The summed E-state index contributed by atoms with van der Waals surface area (Å²) in [5, 5.41) is 89.2. The lowest BCUT2D eigenvalue weighted by molar-refractivity contribution is -0.206. The summed E-state index contributed by atoms with van der Waals surface area (Å²) in [6, 6.07) is 0. The molecule has 0 aromatic heterocycles. The predicted octanol–water partition coefficient (Wildman–Crippen LogP) is -8.94. The molecule has 0 bridgehead atoms. The molecule has 14 N–H and O–H groups in total. The maximum atomic E-state index is 11.6. The van der Waals surface area contributed by atoms with Gasteiger partial charge >= 0.3 is 5.97 Å². The zero-order valence-electron chi connectivity index (χ0n) is 30.5. The molecule has 1 aliphatic heterocycles. The number of nitrogens with two attached hydrogens (primary N) is 1. The van der Waals surface area contributed by atoms with Gasteiger partial charge in [-0.2, -0.15) is 0 Å². The molecule has 1 heterocycles. The number of ether oxygens (including phenoxy) is 7. The number of hydrogen-bond donors (Lipinski definition) is 13. The van der Waals surface area contributed by atoms with Gasteiger partial charge in [-0.05, 0) is 0 Å². The highest BCUT2D eigenvalue weighted by Gasteiger charge is 2.43. The molecule has 0 spiro atoms. The zero-order chi connectivity index (χ0) is 41.3. The van der Waals surface area contributed by atoms with Crippen LogP contribution in [0.15, 0.2) is 0 Å². The van der Waals surface area contributed by atoms with E-state index in [1.54, 1.807) is 14.2 Å². The molecule has 54 heavy (non-hydrogen) atoms. The maximum Gasteiger partial charge on any atom is 0.338 e. The average molecular weight is 797 g/mol. The minimum atomic E-state index is -2.02. The smallest absolute Gasteiger partial charge is 0.338 e. The highest BCUT2D eigenvalue weighted by molar-refractivity contribution is 5.81. The largest absolute Gasteiger partial charge is 0.455 e. The summed E-state index contributed by atoms with van der Waals surface area (Å²) < 4.78 is 34.4. The van der Waals surface area contributed by atoms with Crippen molar-refractivity contribution in [3.63, 3.8) is 0 Å². The van der Waals surface area contributed by atoms with Gasteiger partial charge in [0.1, 0.15) is 43.7 Å². The number of carbonyl (C=O) groups is 4. The van der Waals surface area contributed by atoms with E-state index in [1.807, 2.05) is 0 Å². The lowest BCUT2D eigenvalue weighted by atomic mass is 10.0. The van der Waals surface area contributed by atoms with Gasteiger partial charge in [-0.3, -0.25) is 14.4 Å². The van der Waals surface area contributed by atoms with E-state index in [1.165, 1.54) is 0 Å². The molecule has 3 amide bonds. The van der Waals surface area contributed by atoms with Crippen LogP contribution in [-0.2, 0) is 52.3 Å². The Kier molecular flexibility index (Phi) is 34.3. The standard InChI is InChI=1S/C15H30N2O10.C9H20N2O4.C6H10O6/c1-25-4-5-26-6-7-27-9-11(20)16-2-3-17-15(24)14(23)13(22)12(21)10(19)8-18;1-13-4-5-14-6-7-15-8-9(12)11-3-2-10;7-1-2-3(8)4(9)5(10)6(11)12-2/h10,12-14,18-19,21-23H,2-9H2,1H3,(H,16,20)(H,17,24);2-8,10H2,1H3,(H,11,12);2-5,7-10H,1H2. The number of aliphatic hydroxyl groups excluding tert-OH is 9. The van der Waals surface area contributed by atoms with E-state index >= 15 is 0 Å². The molecule has 320 valence electrons. The molecular weight excluding hydrogens is 736 g/mol. The van der Waals surface area contributed by atoms with Crippen LogP contribution in [0.3, 0.4) is 0 Å². The molecule has 0 aliphatic carbocycles. The third-order valence-corrected chi connectivity index (χ3v) is 6.55. The topological polar surface area (TPSA) is 377 Å². The van der Waals surface area contributed by atoms with Crippen LogP contribution >= 0.6 is 0 Å². The van der Waals surface area contributed by atoms with Gasteiger partial charge in [0.25, 0.3) is 5.91 Å². The molecule has 0 aromatic rings. The van der Waals surface area contributed by atoms with Crippen molar-refractivity contribution >= 4 is 23.7 Å². The SMILES string of the molecule is COCCOCCOCC(=O)NCCN.COCCOCCOCC(=O)NCCNC(=O)C(O)C(O)C(O)C(O)CO.O=C1OC(CO)C(O)C(O)C1O. The summed E-state index contributed by atoms with van der Waals surface area (Å²) in [4.78, 5) is 44.8. The number of methoxy groups -OCH3 is 2. The van der Waals surface area contributed by atoms with Crippen LogP contribution in [0.5, 0.6) is 0 Å². The van der Waals surface area contributed by atoms with Crippen molar-refractivity contribution in [2.75, 3.05) is 120 Å². The molecule has 8 unspecified atom stereocenters.